The van der Waals surface area contributed by atoms with Crippen LogP contribution >= 0.6 is 22.6 Å². The molecule has 0 radical (unpaired) electrons. The molecule has 1 aliphatic heterocycles. The van der Waals surface area contributed by atoms with Gasteiger partial charge in [0, 0.05) is 9.99 Å². The number of carbonyl (C=O) groups is 1. The van der Waals surface area contributed by atoms with E-state index in [0.717, 1.165) is 17.5 Å². The van der Waals surface area contributed by atoms with Crippen LogP contribution in [0.5, 0.6) is 0 Å². The van der Waals surface area contributed by atoms with Crippen molar-refractivity contribution in [3.63, 3.8) is 0 Å². The van der Waals surface area contributed by atoms with E-state index < -0.39 is 0 Å². The summed E-state index contributed by atoms with van der Waals surface area (Å²) < 4.78 is 6.07. The monoisotopic (exact) mass is 274 g/mol. The summed E-state index contributed by atoms with van der Waals surface area (Å²) in [5.74, 6) is -0.187. The van der Waals surface area contributed by atoms with Crippen LogP contribution in [0.4, 0.5) is 0 Å². The zero-order valence-electron chi connectivity index (χ0n) is 6.34. The molecule has 0 unspecified atom stereocenters. The molecule has 3 heteroatoms. The highest BCUT2D eigenvalue weighted by Crippen LogP contribution is 2.19. The number of hydrogen-bond donors (Lipinski definition) is 0. The van der Waals surface area contributed by atoms with Crippen LogP contribution in [0, 0.1) is 3.57 Å². The molecule has 0 saturated carbocycles. The van der Waals surface area contributed by atoms with E-state index in [1.165, 1.54) is 3.57 Å². The van der Waals surface area contributed by atoms with Gasteiger partial charge in [-0.05, 0) is 46.4 Å². The van der Waals surface area contributed by atoms with Crippen molar-refractivity contribution in [1.29, 1.82) is 0 Å². The van der Waals surface area contributed by atoms with Crippen molar-refractivity contribution in [2.24, 2.45) is 0 Å². The SMILES string of the molecule is O=C1OCCc2cc(I)ccc21. The standard InChI is InChI=1S/C9H7IO2/c10-7-1-2-8-6(5-7)3-4-12-9(8)11/h1-2,5H,3-4H2. The maximum absolute atomic E-state index is 11.2. The van der Waals surface area contributed by atoms with E-state index >= 15 is 0 Å². The Kier molecular flexibility index (Phi) is 2.04. The highest BCUT2D eigenvalue weighted by Gasteiger charge is 2.17. The van der Waals surface area contributed by atoms with E-state index in [2.05, 4.69) is 22.6 Å². The van der Waals surface area contributed by atoms with Crippen LogP contribution in [-0.2, 0) is 11.2 Å². The average molecular weight is 274 g/mol. The van der Waals surface area contributed by atoms with Gasteiger partial charge in [0.15, 0.2) is 0 Å². The van der Waals surface area contributed by atoms with Crippen LogP contribution in [0.15, 0.2) is 18.2 Å². The van der Waals surface area contributed by atoms with Gasteiger partial charge in [-0.3, -0.25) is 0 Å². The number of hydrogen-bond acceptors (Lipinski definition) is 2. The molecule has 0 fully saturated rings. The lowest BCUT2D eigenvalue weighted by Gasteiger charge is -2.15. The zero-order chi connectivity index (χ0) is 8.55. The fraction of sp³-hybridized carbons (Fsp3) is 0.222. The molecule has 0 aliphatic carbocycles. The predicted octanol–water partition coefficient (Wildman–Crippen LogP) is 2.00. The first kappa shape index (κ1) is 8.04. The third-order valence-corrected chi connectivity index (χ3v) is 2.56. The second-order valence-electron chi connectivity index (χ2n) is 2.69. The third kappa shape index (κ3) is 1.33. The van der Waals surface area contributed by atoms with Crippen molar-refractivity contribution in [1.82, 2.24) is 0 Å². The van der Waals surface area contributed by atoms with Crippen LogP contribution in [0.3, 0.4) is 0 Å². The second kappa shape index (κ2) is 3.05. The van der Waals surface area contributed by atoms with E-state index in [1.54, 1.807) is 0 Å². The molecule has 0 bridgehead atoms. The van der Waals surface area contributed by atoms with Crippen LogP contribution < -0.4 is 0 Å². The number of benzene rings is 1. The smallest absolute Gasteiger partial charge is 0.338 e. The number of rotatable bonds is 0. The largest absolute Gasteiger partial charge is 0.462 e. The van der Waals surface area contributed by atoms with E-state index in [0.29, 0.717) is 6.61 Å². The minimum Gasteiger partial charge on any atom is -0.462 e. The van der Waals surface area contributed by atoms with Gasteiger partial charge in [-0.1, -0.05) is 0 Å². The lowest BCUT2D eigenvalue weighted by molar-refractivity contribution is 0.0480. The molecular weight excluding hydrogens is 267 g/mol. The highest BCUT2D eigenvalue weighted by molar-refractivity contribution is 14.1. The Hall–Kier alpha value is -0.580. The van der Waals surface area contributed by atoms with Crippen molar-refractivity contribution < 1.29 is 9.53 Å². The fourth-order valence-corrected chi connectivity index (χ4v) is 1.86. The van der Waals surface area contributed by atoms with Crippen molar-refractivity contribution in [2.45, 2.75) is 6.42 Å². The lowest BCUT2D eigenvalue weighted by atomic mass is 10.0. The molecule has 0 spiro atoms. The Morgan fingerprint density at radius 2 is 2.25 bits per heavy atom. The molecule has 0 N–H and O–H groups in total. The number of carbonyl (C=O) groups excluding carboxylic acids is 1. The normalized spacial score (nSPS) is 15.2. The number of fused-ring (bicyclic) bond motifs is 1. The summed E-state index contributed by atoms with van der Waals surface area (Å²) >= 11 is 2.24. The minimum atomic E-state index is -0.187. The van der Waals surface area contributed by atoms with Crippen molar-refractivity contribution >= 4 is 28.6 Å². The first-order valence-corrected chi connectivity index (χ1v) is 4.81. The van der Waals surface area contributed by atoms with E-state index in [-0.39, 0.29) is 5.97 Å². The van der Waals surface area contributed by atoms with Crippen LogP contribution in [-0.4, -0.2) is 12.6 Å². The van der Waals surface area contributed by atoms with Gasteiger partial charge >= 0.3 is 5.97 Å². The molecule has 1 aromatic rings. The molecule has 2 rings (SSSR count). The van der Waals surface area contributed by atoms with E-state index in [4.69, 9.17) is 4.74 Å². The molecular formula is C9H7IO2. The van der Waals surface area contributed by atoms with Gasteiger partial charge < -0.3 is 4.74 Å². The minimum absolute atomic E-state index is 0.187. The maximum Gasteiger partial charge on any atom is 0.338 e. The van der Waals surface area contributed by atoms with Crippen molar-refractivity contribution in [3.8, 4) is 0 Å². The van der Waals surface area contributed by atoms with Crippen molar-refractivity contribution in [3.05, 3.63) is 32.9 Å². The molecule has 0 amide bonds. The lowest BCUT2D eigenvalue weighted by Crippen LogP contribution is -2.17. The van der Waals surface area contributed by atoms with E-state index in [1.807, 2.05) is 18.2 Å². The number of ether oxygens (including phenoxy) is 1. The number of cyclic esters (lactones) is 1. The first-order valence-electron chi connectivity index (χ1n) is 3.73. The summed E-state index contributed by atoms with van der Waals surface area (Å²) in [6.45, 7) is 0.520. The fourth-order valence-electron chi connectivity index (χ4n) is 1.30. The molecule has 0 saturated heterocycles. The summed E-state index contributed by atoms with van der Waals surface area (Å²) in [5.41, 5.74) is 1.83. The Bertz CT molecular complexity index is 333. The van der Waals surface area contributed by atoms with Gasteiger partial charge in [0.05, 0.1) is 12.2 Å². The molecule has 1 aliphatic rings. The van der Waals surface area contributed by atoms with Crippen LogP contribution in [0.25, 0.3) is 0 Å². The van der Waals surface area contributed by atoms with Gasteiger partial charge in [0.1, 0.15) is 0 Å². The quantitative estimate of drug-likeness (QED) is 0.534. The summed E-state index contributed by atoms with van der Waals surface area (Å²) in [6, 6.07) is 5.79. The van der Waals surface area contributed by atoms with Gasteiger partial charge in [-0.15, -0.1) is 0 Å². The third-order valence-electron chi connectivity index (χ3n) is 1.89. The van der Waals surface area contributed by atoms with Gasteiger partial charge in [0.2, 0.25) is 0 Å². The van der Waals surface area contributed by atoms with E-state index in [9.17, 15) is 4.79 Å². The maximum atomic E-state index is 11.2. The Morgan fingerprint density at radius 3 is 3.08 bits per heavy atom. The average Bonchev–Trinajstić information content (AvgIpc) is 2.04. The number of esters is 1. The summed E-state index contributed by atoms with van der Waals surface area (Å²) in [7, 11) is 0. The molecule has 0 atom stereocenters. The summed E-state index contributed by atoms with van der Waals surface area (Å²) in [6.07, 6.45) is 0.845. The molecule has 1 aromatic carbocycles. The van der Waals surface area contributed by atoms with Gasteiger partial charge in [0.25, 0.3) is 0 Å². The topological polar surface area (TPSA) is 26.3 Å². The summed E-state index contributed by atoms with van der Waals surface area (Å²) in [5, 5.41) is 0. The molecule has 2 nitrogen and oxygen atoms in total. The second-order valence-corrected chi connectivity index (χ2v) is 3.93. The Morgan fingerprint density at radius 1 is 1.42 bits per heavy atom. The van der Waals surface area contributed by atoms with Gasteiger partial charge in [-0.25, -0.2) is 4.79 Å². The van der Waals surface area contributed by atoms with Crippen LogP contribution in [0.1, 0.15) is 15.9 Å². The molecule has 12 heavy (non-hydrogen) atoms. The predicted molar refractivity (Wildman–Crippen MR) is 53.1 cm³/mol. The van der Waals surface area contributed by atoms with Crippen molar-refractivity contribution in [2.75, 3.05) is 6.61 Å². The Balaban J connectivity index is 2.53. The number of halogens is 1. The molecule has 0 aromatic heterocycles. The first-order chi connectivity index (χ1) is 5.77. The van der Waals surface area contributed by atoms with Gasteiger partial charge in [-0.2, -0.15) is 0 Å². The summed E-state index contributed by atoms with van der Waals surface area (Å²) in [4.78, 5) is 11.2. The zero-order valence-corrected chi connectivity index (χ0v) is 8.50. The van der Waals surface area contributed by atoms with Crippen LogP contribution in [0.2, 0.25) is 0 Å². The highest BCUT2D eigenvalue weighted by atomic mass is 127. The molecule has 1 heterocycles. The molecule has 62 valence electrons. The Labute approximate surface area is 84.1 Å².